The molecule has 0 aromatic heterocycles. The molecule has 0 saturated carbocycles. The smallest absolute Gasteiger partial charge is 0.292 e. The predicted molar refractivity (Wildman–Crippen MR) is 121 cm³/mol. The van der Waals surface area contributed by atoms with Crippen LogP contribution in [0.4, 0.5) is 5.69 Å². The maximum Gasteiger partial charge on any atom is 0.292 e. The number of hydrogen-bond donors (Lipinski definition) is 1. The number of anilines is 1. The SMILES string of the molecule is O=C(Cc1ccccc1-c1ccccc1)C(=O)Nc1ccccc1-c1ccccc1. The fraction of sp³-hybridized carbons (Fsp3) is 0.0370. The molecule has 1 N–H and O–H groups in total. The maximum absolute atomic E-state index is 12.7. The lowest BCUT2D eigenvalue weighted by Crippen LogP contribution is -2.25. The lowest BCUT2D eigenvalue weighted by Gasteiger charge is -2.12. The van der Waals surface area contributed by atoms with Crippen LogP contribution >= 0.6 is 0 Å². The van der Waals surface area contributed by atoms with Crippen LogP contribution in [0.5, 0.6) is 0 Å². The van der Waals surface area contributed by atoms with Crippen molar-refractivity contribution >= 4 is 17.4 Å². The van der Waals surface area contributed by atoms with Crippen molar-refractivity contribution in [3.05, 3.63) is 115 Å². The molecule has 1 amide bonds. The van der Waals surface area contributed by atoms with Crippen LogP contribution < -0.4 is 5.32 Å². The van der Waals surface area contributed by atoms with Gasteiger partial charge in [0, 0.05) is 17.7 Å². The summed E-state index contributed by atoms with van der Waals surface area (Å²) in [6.45, 7) is 0. The zero-order valence-electron chi connectivity index (χ0n) is 16.4. The molecular weight excluding hydrogens is 370 g/mol. The summed E-state index contributed by atoms with van der Waals surface area (Å²) in [4.78, 5) is 25.4. The molecule has 0 spiro atoms. The van der Waals surface area contributed by atoms with Crippen LogP contribution in [-0.2, 0) is 16.0 Å². The molecule has 4 aromatic carbocycles. The second-order valence-corrected chi connectivity index (χ2v) is 6.99. The van der Waals surface area contributed by atoms with Gasteiger partial charge in [-0.15, -0.1) is 0 Å². The number of carbonyl (C=O) groups is 2. The molecule has 3 nitrogen and oxygen atoms in total. The zero-order valence-corrected chi connectivity index (χ0v) is 16.4. The van der Waals surface area contributed by atoms with E-state index in [0.29, 0.717) is 5.69 Å². The number of carbonyl (C=O) groups excluding carboxylic acids is 2. The van der Waals surface area contributed by atoms with E-state index in [9.17, 15) is 9.59 Å². The average Bonchev–Trinajstić information content (AvgIpc) is 2.81. The number of benzene rings is 4. The first-order valence-electron chi connectivity index (χ1n) is 9.84. The summed E-state index contributed by atoms with van der Waals surface area (Å²) in [5, 5.41) is 2.80. The lowest BCUT2D eigenvalue weighted by atomic mass is 9.96. The van der Waals surface area contributed by atoms with Crippen molar-refractivity contribution in [2.24, 2.45) is 0 Å². The van der Waals surface area contributed by atoms with E-state index < -0.39 is 11.7 Å². The number of rotatable bonds is 6. The van der Waals surface area contributed by atoms with E-state index in [1.54, 1.807) is 0 Å². The molecule has 4 aromatic rings. The predicted octanol–water partition coefficient (Wildman–Crippen LogP) is 5.77. The Morgan fingerprint density at radius 1 is 0.567 bits per heavy atom. The topological polar surface area (TPSA) is 46.2 Å². The first kappa shape index (κ1) is 19.3. The van der Waals surface area contributed by atoms with E-state index in [0.717, 1.165) is 27.8 Å². The molecule has 0 atom stereocenters. The van der Waals surface area contributed by atoms with Gasteiger partial charge >= 0.3 is 0 Å². The summed E-state index contributed by atoms with van der Waals surface area (Å²) < 4.78 is 0. The third-order valence-electron chi connectivity index (χ3n) is 4.97. The zero-order chi connectivity index (χ0) is 20.8. The second kappa shape index (κ2) is 9.01. The monoisotopic (exact) mass is 391 g/mol. The highest BCUT2D eigenvalue weighted by Crippen LogP contribution is 2.28. The molecule has 0 aliphatic heterocycles. The Labute approximate surface area is 176 Å². The Hall–Kier alpha value is -3.98. The first-order chi connectivity index (χ1) is 14.7. The highest BCUT2D eigenvalue weighted by molar-refractivity contribution is 6.41. The van der Waals surface area contributed by atoms with Gasteiger partial charge in [0.15, 0.2) is 0 Å². The summed E-state index contributed by atoms with van der Waals surface area (Å²) >= 11 is 0. The van der Waals surface area contributed by atoms with Crippen molar-refractivity contribution in [1.29, 1.82) is 0 Å². The van der Waals surface area contributed by atoms with Crippen molar-refractivity contribution in [3.63, 3.8) is 0 Å². The Kier molecular flexibility index (Phi) is 5.81. The molecule has 0 aliphatic rings. The van der Waals surface area contributed by atoms with Gasteiger partial charge in [-0.1, -0.05) is 103 Å². The first-order valence-corrected chi connectivity index (χ1v) is 9.84. The standard InChI is InChI=1S/C27H21NO2/c29-26(19-22-15-7-8-16-23(22)20-11-3-1-4-12-20)27(30)28-25-18-10-9-17-24(25)21-13-5-2-6-14-21/h1-18H,19H2,(H,28,30). The third kappa shape index (κ3) is 4.36. The van der Waals surface area contributed by atoms with E-state index in [-0.39, 0.29) is 6.42 Å². The highest BCUT2D eigenvalue weighted by atomic mass is 16.2. The Morgan fingerprint density at radius 2 is 1.07 bits per heavy atom. The highest BCUT2D eigenvalue weighted by Gasteiger charge is 2.18. The summed E-state index contributed by atoms with van der Waals surface area (Å²) in [5.74, 6) is -1.08. The molecule has 3 heteroatoms. The number of amides is 1. The maximum atomic E-state index is 12.7. The van der Waals surface area contributed by atoms with Crippen LogP contribution in [-0.4, -0.2) is 11.7 Å². The van der Waals surface area contributed by atoms with Gasteiger partial charge in [-0.3, -0.25) is 9.59 Å². The van der Waals surface area contributed by atoms with Gasteiger partial charge in [-0.2, -0.15) is 0 Å². The number of nitrogens with one attached hydrogen (secondary N) is 1. The number of hydrogen-bond acceptors (Lipinski definition) is 2. The van der Waals surface area contributed by atoms with Gasteiger partial charge in [0.2, 0.25) is 5.78 Å². The minimum Gasteiger partial charge on any atom is -0.319 e. The Balaban J connectivity index is 1.54. The fourth-order valence-electron chi connectivity index (χ4n) is 3.48. The van der Waals surface area contributed by atoms with Gasteiger partial charge < -0.3 is 5.32 Å². The lowest BCUT2D eigenvalue weighted by molar-refractivity contribution is -0.134. The summed E-state index contributed by atoms with van der Waals surface area (Å²) in [6.07, 6.45) is 0.0460. The van der Waals surface area contributed by atoms with Crippen molar-refractivity contribution in [2.75, 3.05) is 5.32 Å². The molecule has 0 radical (unpaired) electrons. The molecule has 0 heterocycles. The number of para-hydroxylation sites is 1. The van der Waals surface area contributed by atoms with Crippen LogP contribution in [0, 0.1) is 0 Å². The van der Waals surface area contributed by atoms with Gasteiger partial charge in [0.25, 0.3) is 5.91 Å². The van der Waals surface area contributed by atoms with E-state index in [2.05, 4.69) is 5.32 Å². The van der Waals surface area contributed by atoms with Crippen molar-refractivity contribution in [3.8, 4) is 22.3 Å². The summed E-state index contributed by atoms with van der Waals surface area (Å²) in [5.41, 5.74) is 5.30. The van der Waals surface area contributed by atoms with E-state index >= 15 is 0 Å². The second-order valence-electron chi connectivity index (χ2n) is 6.99. The van der Waals surface area contributed by atoms with Gasteiger partial charge in [-0.25, -0.2) is 0 Å². The van der Waals surface area contributed by atoms with Crippen LogP contribution in [0.2, 0.25) is 0 Å². The van der Waals surface area contributed by atoms with Gasteiger partial charge in [0.1, 0.15) is 0 Å². The Morgan fingerprint density at radius 3 is 1.73 bits per heavy atom. The normalized spacial score (nSPS) is 10.4. The van der Waals surface area contributed by atoms with Crippen molar-refractivity contribution in [2.45, 2.75) is 6.42 Å². The molecule has 0 bridgehead atoms. The molecule has 146 valence electrons. The summed E-state index contributed by atoms with van der Waals surface area (Å²) in [6, 6.07) is 34.8. The van der Waals surface area contributed by atoms with Gasteiger partial charge in [-0.05, 0) is 28.3 Å². The van der Waals surface area contributed by atoms with Crippen LogP contribution in [0.15, 0.2) is 109 Å². The minimum atomic E-state index is -0.610. The van der Waals surface area contributed by atoms with Crippen molar-refractivity contribution in [1.82, 2.24) is 0 Å². The van der Waals surface area contributed by atoms with E-state index in [4.69, 9.17) is 0 Å². The quantitative estimate of drug-likeness (QED) is 0.424. The van der Waals surface area contributed by atoms with Crippen molar-refractivity contribution < 1.29 is 9.59 Å². The van der Waals surface area contributed by atoms with E-state index in [1.807, 2.05) is 109 Å². The van der Waals surface area contributed by atoms with Gasteiger partial charge in [0.05, 0.1) is 0 Å². The largest absolute Gasteiger partial charge is 0.319 e. The molecule has 0 unspecified atom stereocenters. The summed E-state index contributed by atoms with van der Waals surface area (Å²) in [7, 11) is 0. The molecular formula is C27H21NO2. The third-order valence-corrected chi connectivity index (χ3v) is 4.97. The number of Topliss-reactive ketones (excluding diaryl/α,β-unsaturated/α-hetero) is 1. The molecule has 0 aliphatic carbocycles. The van der Waals surface area contributed by atoms with Crippen LogP contribution in [0.1, 0.15) is 5.56 Å². The molecule has 30 heavy (non-hydrogen) atoms. The van der Waals surface area contributed by atoms with E-state index in [1.165, 1.54) is 0 Å². The fourth-order valence-corrected chi connectivity index (χ4v) is 3.48. The van der Waals surface area contributed by atoms with Crippen LogP contribution in [0.3, 0.4) is 0 Å². The van der Waals surface area contributed by atoms with Crippen LogP contribution in [0.25, 0.3) is 22.3 Å². The molecule has 0 fully saturated rings. The average molecular weight is 391 g/mol. The molecule has 0 saturated heterocycles. The molecule has 4 rings (SSSR count). The number of ketones is 1. The Bertz CT molecular complexity index is 1070. The minimum absolute atomic E-state index is 0.0460.